The van der Waals surface area contributed by atoms with E-state index in [2.05, 4.69) is 26.6 Å². The van der Waals surface area contributed by atoms with Crippen LogP contribution in [0, 0.1) is 5.82 Å². The van der Waals surface area contributed by atoms with Crippen LogP contribution in [-0.2, 0) is 6.42 Å². The summed E-state index contributed by atoms with van der Waals surface area (Å²) in [6.07, 6.45) is 0.453. The molecule has 6 heteroatoms. The number of carbonyl (C=O) groups excluding carboxylic acids is 1. The maximum atomic E-state index is 13.4. The van der Waals surface area contributed by atoms with Crippen LogP contribution in [0.2, 0.25) is 0 Å². The Morgan fingerprint density at radius 1 is 1.09 bits per heavy atom. The monoisotopic (exact) mass is 380 g/mol. The van der Waals surface area contributed by atoms with Crippen LogP contribution in [0.1, 0.15) is 5.56 Å². The van der Waals surface area contributed by atoms with Crippen molar-refractivity contribution in [3.05, 3.63) is 64.4 Å². The summed E-state index contributed by atoms with van der Waals surface area (Å²) >= 11 is 3.36. The Balaban J connectivity index is 1.59. The number of nitrogens with one attached hydrogen (secondary N) is 2. The predicted octanol–water partition coefficient (Wildman–Crippen LogP) is 3.51. The van der Waals surface area contributed by atoms with Gasteiger partial charge in [-0.25, -0.2) is 9.18 Å². The third kappa shape index (κ3) is 6.28. The van der Waals surface area contributed by atoms with Gasteiger partial charge in [-0.15, -0.1) is 0 Å². The van der Waals surface area contributed by atoms with Crippen LogP contribution >= 0.6 is 15.9 Å². The molecule has 0 unspecified atom stereocenters. The first-order chi connectivity index (χ1) is 11.1. The molecular formula is C17H18BrFN2O2. The van der Waals surface area contributed by atoms with Crippen molar-refractivity contribution < 1.29 is 13.9 Å². The molecule has 0 atom stereocenters. The van der Waals surface area contributed by atoms with E-state index < -0.39 is 0 Å². The summed E-state index contributed by atoms with van der Waals surface area (Å²) in [4.78, 5) is 11.6. The van der Waals surface area contributed by atoms with Crippen molar-refractivity contribution in [2.45, 2.75) is 6.42 Å². The fraction of sp³-hybridized carbons (Fsp3) is 0.235. The Bertz CT molecular complexity index is 652. The molecule has 0 aliphatic heterocycles. The second kappa shape index (κ2) is 9.15. The van der Waals surface area contributed by atoms with Gasteiger partial charge in [0, 0.05) is 11.0 Å². The van der Waals surface area contributed by atoms with E-state index in [1.54, 1.807) is 18.2 Å². The first-order valence-corrected chi connectivity index (χ1v) is 8.08. The van der Waals surface area contributed by atoms with Crippen LogP contribution in [0.4, 0.5) is 9.18 Å². The molecule has 23 heavy (non-hydrogen) atoms. The molecule has 0 fully saturated rings. The van der Waals surface area contributed by atoms with Gasteiger partial charge < -0.3 is 15.4 Å². The molecule has 2 N–H and O–H groups in total. The number of amides is 2. The van der Waals surface area contributed by atoms with Gasteiger partial charge in [0.1, 0.15) is 18.2 Å². The average Bonchev–Trinajstić information content (AvgIpc) is 2.53. The van der Waals surface area contributed by atoms with Crippen LogP contribution in [0.25, 0.3) is 0 Å². The molecule has 0 bridgehead atoms. The highest BCUT2D eigenvalue weighted by Gasteiger charge is 2.03. The van der Waals surface area contributed by atoms with Crippen molar-refractivity contribution in [1.82, 2.24) is 10.6 Å². The molecular weight excluding hydrogens is 363 g/mol. The largest absolute Gasteiger partial charge is 0.492 e. The topological polar surface area (TPSA) is 50.4 Å². The van der Waals surface area contributed by atoms with E-state index in [0.717, 1.165) is 10.2 Å². The van der Waals surface area contributed by atoms with Gasteiger partial charge in [-0.1, -0.05) is 40.2 Å². The summed E-state index contributed by atoms with van der Waals surface area (Å²) < 4.78 is 19.8. The number of hydrogen-bond donors (Lipinski definition) is 2. The maximum absolute atomic E-state index is 13.4. The van der Waals surface area contributed by atoms with Crippen LogP contribution in [0.3, 0.4) is 0 Å². The number of halogens is 2. The van der Waals surface area contributed by atoms with E-state index in [1.807, 2.05) is 24.3 Å². The zero-order valence-corrected chi connectivity index (χ0v) is 14.1. The highest BCUT2D eigenvalue weighted by Crippen LogP contribution is 2.17. The molecule has 0 aliphatic rings. The lowest BCUT2D eigenvalue weighted by molar-refractivity contribution is 0.236. The smallest absolute Gasteiger partial charge is 0.314 e. The van der Waals surface area contributed by atoms with E-state index >= 15 is 0 Å². The van der Waals surface area contributed by atoms with E-state index in [1.165, 1.54) is 6.07 Å². The zero-order chi connectivity index (χ0) is 16.5. The number of hydrogen-bond acceptors (Lipinski definition) is 2. The second-order valence-electron chi connectivity index (χ2n) is 4.83. The lowest BCUT2D eigenvalue weighted by Gasteiger charge is -2.09. The predicted molar refractivity (Wildman–Crippen MR) is 91.1 cm³/mol. The van der Waals surface area contributed by atoms with Crippen molar-refractivity contribution >= 4 is 22.0 Å². The minimum atomic E-state index is -0.292. The van der Waals surface area contributed by atoms with Gasteiger partial charge in [-0.3, -0.25) is 0 Å². The molecule has 0 heterocycles. The van der Waals surface area contributed by atoms with Gasteiger partial charge in [0.15, 0.2) is 0 Å². The number of benzene rings is 2. The quantitative estimate of drug-likeness (QED) is 0.722. The lowest BCUT2D eigenvalue weighted by atomic mass is 10.1. The zero-order valence-electron chi connectivity index (χ0n) is 12.5. The summed E-state index contributed by atoms with van der Waals surface area (Å²) in [6, 6.07) is 13.7. The van der Waals surface area contributed by atoms with Gasteiger partial charge in [-0.05, 0) is 36.2 Å². The van der Waals surface area contributed by atoms with E-state index in [-0.39, 0.29) is 11.8 Å². The van der Waals surface area contributed by atoms with Gasteiger partial charge in [0.25, 0.3) is 0 Å². The third-order valence-electron chi connectivity index (χ3n) is 3.09. The molecule has 0 saturated heterocycles. The summed E-state index contributed by atoms with van der Waals surface area (Å²) in [5.41, 5.74) is 0.589. The molecule has 4 nitrogen and oxygen atoms in total. The Kier molecular flexibility index (Phi) is 6.87. The first kappa shape index (κ1) is 17.3. The molecule has 2 aromatic rings. The summed E-state index contributed by atoms with van der Waals surface area (Å²) in [5, 5.41) is 5.37. The number of rotatable bonds is 7. The molecule has 2 aromatic carbocycles. The second-order valence-corrected chi connectivity index (χ2v) is 5.75. The van der Waals surface area contributed by atoms with Gasteiger partial charge in [0.2, 0.25) is 0 Å². The standard InChI is InChI=1S/C17H18BrFN2O2/c18-14-5-3-6-15(12-14)23-11-10-21-17(22)20-9-8-13-4-1-2-7-16(13)19/h1-7,12H,8-11H2,(H2,20,21,22). The molecule has 2 rings (SSSR count). The summed E-state index contributed by atoms with van der Waals surface area (Å²) in [5.74, 6) is 0.485. The molecule has 0 aliphatic carbocycles. The van der Waals surface area contributed by atoms with Gasteiger partial charge in [0.05, 0.1) is 6.54 Å². The van der Waals surface area contributed by atoms with Gasteiger partial charge in [-0.2, -0.15) is 0 Å². The fourth-order valence-electron chi connectivity index (χ4n) is 1.96. The third-order valence-corrected chi connectivity index (χ3v) is 3.58. The number of carbonyl (C=O) groups is 1. The summed E-state index contributed by atoms with van der Waals surface area (Å²) in [6.45, 7) is 1.13. The highest BCUT2D eigenvalue weighted by molar-refractivity contribution is 9.10. The first-order valence-electron chi connectivity index (χ1n) is 7.28. The van der Waals surface area contributed by atoms with Crippen LogP contribution in [0.5, 0.6) is 5.75 Å². The molecule has 0 spiro atoms. The van der Waals surface area contributed by atoms with Crippen LogP contribution < -0.4 is 15.4 Å². The van der Waals surface area contributed by atoms with E-state index in [9.17, 15) is 9.18 Å². The molecule has 0 radical (unpaired) electrons. The minimum absolute atomic E-state index is 0.253. The van der Waals surface area contributed by atoms with Crippen molar-refractivity contribution in [3.63, 3.8) is 0 Å². The van der Waals surface area contributed by atoms with Crippen LogP contribution in [-0.4, -0.2) is 25.7 Å². The van der Waals surface area contributed by atoms with Crippen molar-refractivity contribution in [2.24, 2.45) is 0 Å². The minimum Gasteiger partial charge on any atom is -0.492 e. The molecule has 0 saturated carbocycles. The Hall–Kier alpha value is -2.08. The Labute approximate surface area is 143 Å². The molecule has 2 amide bonds. The lowest BCUT2D eigenvalue weighted by Crippen LogP contribution is -2.38. The Morgan fingerprint density at radius 2 is 1.87 bits per heavy atom. The van der Waals surface area contributed by atoms with Gasteiger partial charge >= 0.3 is 6.03 Å². The number of urea groups is 1. The van der Waals surface area contributed by atoms with Crippen molar-refractivity contribution in [1.29, 1.82) is 0 Å². The summed E-state index contributed by atoms with van der Waals surface area (Å²) in [7, 11) is 0. The van der Waals surface area contributed by atoms with E-state index in [0.29, 0.717) is 31.7 Å². The molecule has 122 valence electrons. The Morgan fingerprint density at radius 3 is 2.65 bits per heavy atom. The van der Waals surface area contributed by atoms with Crippen molar-refractivity contribution in [3.8, 4) is 5.75 Å². The van der Waals surface area contributed by atoms with Crippen molar-refractivity contribution in [2.75, 3.05) is 19.7 Å². The maximum Gasteiger partial charge on any atom is 0.314 e. The fourth-order valence-corrected chi connectivity index (χ4v) is 2.34. The van der Waals surface area contributed by atoms with E-state index in [4.69, 9.17) is 4.74 Å². The average molecular weight is 381 g/mol. The van der Waals surface area contributed by atoms with Crippen LogP contribution in [0.15, 0.2) is 53.0 Å². The number of ether oxygens (including phenoxy) is 1. The molecule has 0 aromatic heterocycles. The highest BCUT2D eigenvalue weighted by atomic mass is 79.9. The normalized spacial score (nSPS) is 10.2. The SMILES string of the molecule is O=C(NCCOc1cccc(Br)c1)NCCc1ccccc1F.